The molecule has 0 saturated heterocycles. The van der Waals surface area contributed by atoms with Gasteiger partial charge in [-0.1, -0.05) is 0 Å². The predicted octanol–water partition coefficient (Wildman–Crippen LogP) is 0.0956. The summed E-state index contributed by atoms with van der Waals surface area (Å²) < 4.78 is 0. The van der Waals surface area contributed by atoms with Crippen LogP contribution in [0.2, 0.25) is 0 Å². The summed E-state index contributed by atoms with van der Waals surface area (Å²) in [6.45, 7) is 0. The van der Waals surface area contributed by atoms with Crippen molar-refractivity contribution in [3.8, 4) is 0 Å². The SMILES string of the molecule is O=Cc1cc([N+](=O)[O-])cc(=O)[nH]1. The summed E-state index contributed by atoms with van der Waals surface area (Å²) in [5.41, 5.74) is -1.15. The second-order valence-electron chi connectivity index (χ2n) is 2.03. The third-order valence-corrected chi connectivity index (χ3v) is 1.19. The Hall–Kier alpha value is -1.98. The molecule has 62 valence electrons. The van der Waals surface area contributed by atoms with Gasteiger partial charge in [0.2, 0.25) is 0 Å². The monoisotopic (exact) mass is 168 g/mol. The minimum atomic E-state index is -0.734. The molecular formula is C6H4N2O4. The van der Waals surface area contributed by atoms with Crippen molar-refractivity contribution < 1.29 is 9.72 Å². The standard InChI is InChI=1S/C6H4N2O4/c9-3-4-1-5(8(11)12)2-6(10)7-4/h1-3H,(H,7,10). The van der Waals surface area contributed by atoms with Crippen LogP contribution in [0.5, 0.6) is 0 Å². The number of carbonyl (C=O) groups is 1. The van der Waals surface area contributed by atoms with Gasteiger partial charge in [-0.25, -0.2) is 0 Å². The van der Waals surface area contributed by atoms with Gasteiger partial charge >= 0.3 is 0 Å². The molecule has 0 aliphatic carbocycles. The Kier molecular flexibility index (Phi) is 2.00. The molecule has 0 aromatic carbocycles. The number of hydrogen-bond donors (Lipinski definition) is 1. The number of pyridine rings is 1. The average molecular weight is 168 g/mol. The number of carbonyl (C=O) groups excluding carboxylic acids is 1. The van der Waals surface area contributed by atoms with E-state index < -0.39 is 10.5 Å². The third-order valence-electron chi connectivity index (χ3n) is 1.19. The topological polar surface area (TPSA) is 93.1 Å². The number of nitro groups is 1. The fourth-order valence-electron chi connectivity index (χ4n) is 0.719. The van der Waals surface area contributed by atoms with Crippen molar-refractivity contribution in [3.05, 3.63) is 38.3 Å². The number of nitrogens with zero attached hydrogens (tertiary/aromatic N) is 1. The largest absolute Gasteiger partial charge is 0.319 e. The van der Waals surface area contributed by atoms with Gasteiger partial charge in [-0.15, -0.1) is 0 Å². The number of aromatic amines is 1. The summed E-state index contributed by atoms with van der Waals surface area (Å²) in [5, 5.41) is 10.2. The first-order valence-electron chi connectivity index (χ1n) is 2.97. The molecule has 0 atom stereocenters. The Bertz CT molecular complexity index is 381. The molecule has 1 rings (SSSR count). The molecule has 1 heterocycles. The van der Waals surface area contributed by atoms with Crippen LogP contribution in [0.3, 0.4) is 0 Å². The molecule has 0 spiro atoms. The van der Waals surface area contributed by atoms with Crippen LogP contribution < -0.4 is 5.56 Å². The van der Waals surface area contributed by atoms with Crippen molar-refractivity contribution in [2.45, 2.75) is 0 Å². The summed E-state index contributed by atoms with van der Waals surface area (Å²) in [6.07, 6.45) is 0.342. The van der Waals surface area contributed by atoms with Gasteiger partial charge in [0.25, 0.3) is 11.2 Å². The lowest BCUT2D eigenvalue weighted by Gasteiger charge is -1.90. The Morgan fingerprint density at radius 3 is 2.67 bits per heavy atom. The number of aromatic nitrogens is 1. The lowest BCUT2D eigenvalue weighted by Crippen LogP contribution is -2.08. The number of rotatable bonds is 2. The van der Waals surface area contributed by atoms with Crippen molar-refractivity contribution in [2.24, 2.45) is 0 Å². The van der Waals surface area contributed by atoms with Gasteiger partial charge in [0.15, 0.2) is 6.29 Å². The van der Waals surface area contributed by atoms with E-state index in [1.165, 1.54) is 0 Å². The van der Waals surface area contributed by atoms with Crippen LogP contribution >= 0.6 is 0 Å². The second kappa shape index (κ2) is 2.95. The third kappa shape index (κ3) is 1.54. The van der Waals surface area contributed by atoms with E-state index in [0.717, 1.165) is 12.1 Å². The van der Waals surface area contributed by atoms with Crippen molar-refractivity contribution in [1.82, 2.24) is 4.98 Å². The van der Waals surface area contributed by atoms with Crippen LogP contribution in [0.25, 0.3) is 0 Å². The summed E-state index contributed by atoms with van der Waals surface area (Å²) in [4.78, 5) is 32.3. The van der Waals surface area contributed by atoms with Gasteiger partial charge in [0.05, 0.1) is 16.7 Å². The van der Waals surface area contributed by atoms with Gasteiger partial charge in [-0.05, 0) is 0 Å². The summed E-state index contributed by atoms with van der Waals surface area (Å²) >= 11 is 0. The molecular weight excluding hydrogens is 164 g/mol. The Labute approximate surface area is 66.0 Å². The maximum atomic E-state index is 10.7. The van der Waals surface area contributed by atoms with Gasteiger partial charge in [0, 0.05) is 6.07 Å². The molecule has 0 bridgehead atoms. The van der Waals surface area contributed by atoms with Gasteiger partial charge in [-0.2, -0.15) is 0 Å². The zero-order chi connectivity index (χ0) is 9.14. The molecule has 6 heteroatoms. The highest BCUT2D eigenvalue weighted by Gasteiger charge is 2.07. The van der Waals surface area contributed by atoms with Crippen LogP contribution in [0.4, 0.5) is 5.69 Å². The number of nitrogens with one attached hydrogen (secondary N) is 1. The van der Waals surface area contributed by atoms with Crippen LogP contribution in [0.1, 0.15) is 10.5 Å². The summed E-state index contributed by atoms with van der Waals surface area (Å²) in [5.74, 6) is 0. The van der Waals surface area contributed by atoms with Crippen LogP contribution in [0.15, 0.2) is 16.9 Å². The number of aldehydes is 1. The zero-order valence-corrected chi connectivity index (χ0v) is 5.81. The molecule has 6 nitrogen and oxygen atoms in total. The summed E-state index contributed by atoms with van der Waals surface area (Å²) in [7, 11) is 0. The lowest BCUT2D eigenvalue weighted by molar-refractivity contribution is -0.385. The molecule has 0 aliphatic rings. The molecule has 1 aromatic heterocycles. The second-order valence-corrected chi connectivity index (χ2v) is 2.03. The maximum Gasteiger partial charge on any atom is 0.277 e. The molecule has 0 fully saturated rings. The molecule has 12 heavy (non-hydrogen) atoms. The molecule has 0 unspecified atom stereocenters. The van der Waals surface area contributed by atoms with Gasteiger partial charge in [-0.3, -0.25) is 19.7 Å². The smallest absolute Gasteiger partial charge is 0.277 e. The Morgan fingerprint density at radius 1 is 1.50 bits per heavy atom. The van der Waals surface area contributed by atoms with E-state index in [2.05, 4.69) is 4.98 Å². The molecule has 0 amide bonds. The van der Waals surface area contributed by atoms with Crippen LogP contribution in [-0.4, -0.2) is 16.2 Å². The van der Waals surface area contributed by atoms with E-state index in [9.17, 15) is 19.7 Å². The predicted molar refractivity (Wildman–Crippen MR) is 39.1 cm³/mol. The Balaban J connectivity index is 3.33. The quantitative estimate of drug-likeness (QED) is 0.385. The molecule has 0 radical (unpaired) electrons. The van der Waals surface area contributed by atoms with E-state index in [1.54, 1.807) is 0 Å². The normalized spacial score (nSPS) is 9.33. The fraction of sp³-hybridized carbons (Fsp3) is 0. The Morgan fingerprint density at radius 2 is 2.17 bits per heavy atom. The highest BCUT2D eigenvalue weighted by atomic mass is 16.6. The van der Waals surface area contributed by atoms with Crippen LogP contribution in [-0.2, 0) is 0 Å². The van der Waals surface area contributed by atoms with Crippen molar-refractivity contribution in [1.29, 1.82) is 0 Å². The molecule has 0 saturated carbocycles. The minimum Gasteiger partial charge on any atom is -0.319 e. The van der Waals surface area contributed by atoms with E-state index >= 15 is 0 Å². The van der Waals surface area contributed by atoms with E-state index in [4.69, 9.17) is 0 Å². The van der Waals surface area contributed by atoms with Crippen LogP contribution in [0, 0.1) is 10.1 Å². The maximum absolute atomic E-state index is 10.7. The number of hydrogen-bond acceptors (Lipinski definition) is 4. The minimum absolute atomic E-state index is 0.103. The van der Waals surface area contributed by atoms with E-state index in [1.807, 2.05) is 0 Å². The molecule has 1 aromatic rings. The molecule has 0 aliphatic heterocycles. The average Bonchev–Trinajstić information content (AvgIpc) is 2.03. The fourth-order valence-corrected chi connectivity index (χ4v) is 0.719. The highest BCUT2D eigenvalue weighted by Crippen LogP contribution is 2.06. The molecule has 1 N–H and O–H groups in total. The van der Waals surface area contributed by atoms with Gasteiger partial charge in [0.1, 0.15) is 0 Å². The number of H-pyrrole nitrogens is 1. The van der Waals surface area contributed by atoms with E-state index in [0.29, 0.717) is 6.29 Å². The van der Waals surface area contributed by atoms with E-state index in [-0.39, 0.29) is 11.4 Å². The zero-order valence-electron chi connectivity index (χ0n) is 5.81. The highest BCUT2D eigenvalue weighted by molar-refractivity contribution is 5.72. The van der Waals surface area contributed by atoms with Crippen molar-refractivity contribution in [3.63, 3.8) is 0 Å². The first-order valence-corrected chi connectivity index (χ1v) is 2.97. The first-order chi connectivity index (χ1) is 5.63. The first kappa shape index (κ1) is 8.12. The summed E-state index contributed by atoms with van der Waals surface area (Å²) in [6, 6.07) is 1.81. The van der Waals surface area contributed by atoms with Gasteiger partial charge < -0.3 is 4.98 Å². The lowest BCUT2D eigenvalue weighted by atomic mass is 10.3. The van der Waals surface area contributed by atoms with Crippen molar-refractivity contribution in [2.75, 3.05) is 0 Å². The van der Waals surface area contributed by atoms with Crippen molar-refractivity contribution >= 4 is 12.0 Å².